The second-order valence-corrected chi connectivity index (χ2v) is 4.94. The van der Waals surface area contributed by atoms with Crippen LogP contribution < -0.4 is 0 Å². The van der Waals surface area contributed by atoms with Crippen LogP contribution in [0.2, 0.25) is 0 Å². The van der Waals surface area contributed by atoms with Crippen LogP contribution in [0, 0.1) is 0 Å². The molecule has 2 aliphatic heterocycles. The summed E-state index contributed by atoms with van der Waals surface area (Å²) in [6.07, 6.45) is 6.14. The maximum atomic E-state index is 12.2. The lowest BCUT2D eigenvalue weighted by atomic mass is 10.1. The Bertz CT molecular complexity index is 312. The van der Waals surface area contributed by atoms with Crippen LogP contribution >= 0.6 is 0 Å². The number of rotatable bonds is 3. The van der Waals surface area contributed by atoms with Gasteiger partial charge in [0.25, 0.3) is 5.91 Å². The van der Waals surface area contributed by atoms with E-state index in [1.54, 1.807) is 6.92 Å². The molecule has 1 N–H and O–H groups in total. The molecule has 1 saturated heterocycles. The number of nitrogens with zero attached hydrogens (tertiary/aromatic N) is 1. The van der Waals surface area contributed by atoms with Gasteiger partial charge in [0.15, 0.2) is 5.76 Å². The van der Waals surface area contributed by atoms with Gasteiger partial charge < -0.3 is 14.7 Å². The van der Waals surface area contributed by atoms with Gasteiger partial charge in [-0.05, 0) is 45.1 Å². The smallest absolute Gasteiger partial charge is 0.288 e. The summed E-state index contributed by atoms with van der Waals surface area (Å²) in [5.41, 5.74) is 0. The number of hydrogen-bond donors (Lipinski definition) is 1. The number of carbonyl (C=O) groups is 1. The highest BCUT2D eigenvalue weighted by Gasteiger charge is 2.32. The van der Waals surface area contributed by atoms with Gasteiger partial charge in [0.05, 0.1) is 12.7 Å². The standard InChI is InChI=1S/C13H21NO3/c1-10(15)9-11-5-4-7-14(11)13(16)12-6-2-3-8-17-12/h6,10-11,15H,2-5,7-9H2,1H3. The third-order valence-electron chi connectivity index (χ3n) is 3.40. The van der Waals surface area contributed by atoms with Crippen LogP contribution in [0.25, 0.3) is 0 Å². The van der Waals surface area contributed by atoms with Gasteiger partial charge in [0.2, 0.25) is 0 Å². The van der Waals surface area contributed by atoms with E-state index >= 15 is 0 Å². The van der Waals surface area contributed by atoms with Gasteiger partial charge in [-0.15, -0.1) is 0 Å². The topological polar surface area (TPSA) is 49.8 Å². The minimum atomic E-state index is -0.352. The Morgan fingerprint density at radius 2 is 2.47 bits per heavy atom. The van der Waals surface area contributed by atoms with Crippen molar-refractivity contribution in [1.82, 2.24) is 4.90 Å². The van der Waals surface area contributed by atoms with Gasteiger partial charge in [-0.25, -0.2) is 0 Å². The molecular formula is C13H21NO3. The van der Waals surface area contributed by atoms with E-state index < -0.39 is 0 Å². The highest BCUT2D eigenvalue weighted by molar-refractivity contribution is 5.92. The van der Waals surface area contributed by atoms with Gasteiger partial charge in [-0.1, -0.05) is 0 Å². The molecule has 0 aromatic carbocycles. The molecule has 2 rings (SSSR count). The minimum absolute atomic E-state index is 0.00727. The first-order chi connectivity index (χ1) is 8.18. The SMILES string of the molecule is CC(O)CC1CCCN1C(=O)C1=CCCCO1. The van der Waals surface area contributed by atoms with Crippen LogP contribution in [0.1, 0.15) is 39.0 Å². The van der Waals surface area contributed by atoms with Crippen molar-refractivity contribution in [3.05, 3.63) is 11.8 Å². The molecule has 1 amide bonds. The van der Waals surface area contributed by atoms with Gasteiger partial charge in [-0.3, -0.25) is 4.79 Å². The van der Waals surface area contributed by atoms with E-state index in [-0.39, 0.29) is 18.1 Å². The van der Waals surface area contributed by atoms with Crippen molar-refractivity contribution >= 4 is 5.91 Å². The Hall–Kier alpha value is -1.03. The van der Waals surface area contributed by atoms with Gasteiger partial charge in [0, 0.05) is 12.6 Å². The first-order valence-corrected chi connectivity index (χ1v) is 6.50. The van der Waals surface area contributed by atoms with Crippen molar-refractivity contribution in [3.63, 3.8) is 0 Å². The lowest BCUT2D eigenvalue weighted by Gasteiger charge is -2.27. The molecular weight excluding hydrogens is 218 g/mol. The molecule has 0 radical (unpaired) electrons. The van der Waals surface area contributed by atoms with Crippen molar-refractivity contribution in [1.29, 1.82) is 0 Å². The average molecular weight is 239 g/mol. The third-order valence-corrected chi connectivity index (χ3v) is 3.40. The number of amides is 1. The van der Waals surface area contributed by atoms with Crippen LogP contribution in [0.4, 0.5) is 0 Å². The van der Waals surface area contributed by atoms with Crippen molar-refractivity contribution in [2.45, 2.75) is 51.2 Å². The van der Waals surface area contributed by atoms with E-state index in [9.17, 15) is 9.90 Å². The summed E-state index contributed by atoms with van der Waals surface area (Å²) >= 11 is 0. The summed E-state index contributed by atoms with van der Waals surface area (Å²) in [4.78, 5) is 14.1. The van der Waals surface area contributed by atoms with Crippen LogP contribution in [-0.4, -0.2) is 41.2 Å². The molecule has 96 valence electrons. The van der Waals surface area contributed by atoms with Crippen molar-refractivity contribution in [2.24, 2.45) is 0 Å². The average Bonchev–Trinajstić information content (AvgIpc) is 2.76. The number of aliphatic hydroxyl groups is 1. The Labute approximate surface area is 102 Å². The van der Waals surface area contributed by atoms with Gasteiger partial charge in [-0.2, -0.15) is 0 Å². The summed E-state index contributed by atoms with van der Waals surface area (Å²) in [5, 5.41) is 9.44. The van der Waals surface area contributed by atoms with Gasteiger partial charge in [0.1, 0.15) is 0 Å². The first kappa shape index (κ1) is 12.4. The second-order valence-electron chi connectivity index (χ2n) is 4.94. The predicted molar refractivity (Wildman–Crippen MR) is 64.3 cm³/mol. The summed E-state index contributed by atoms with van der Waals surface area (Å²) in [6, 6.07) is 0.175. The molecule has 0 aliphatic carbocycles. The van der Waals surface area contributed by atoms with Crippen molar-refractivity contribution in [3.8, 4) is 0 Å². The molecule has 2 unspecified atom stereocenters. The van der Waals surface area contributed by atoms with Gasteiger partial charge >= 0.3 is 0 Å². The fraction of sp³-hybridized carbons (Fsp3) is 0.769. The van der Waals surface area contributed by atoms with Crippen LogP contribution in [0.3, 0.4) is 0 Å². The van der Waals surface area contributed by atoms with E-state index in [2.05, 4.69) is 0 Å². The van der Waals surface area contributed by atoms with E-state index in [4.69, 9.17) is 4.74 Å². The molecule has 2 atom stereocenters. The van der Waals surface area contributed by atoms with Crippen LogP contribution in [0.5, 0.6) is 0 Å². The Morgan fingerprint density at radius 1 is 1.65 bits per heavy atom. The zero-order chi connectivity index (χ0) is 12.3. The maximum absolute atomic E-state index is 12.2. The van der Waals surface area contributed by atoms with Crippen LogP contribution in [0.15, 0.2) is 11.8 Å². The zero-order valence-electron chi connectivity index (χ0n) is 10.4. The monoisotopic (exact) mass is 239 g/mol. The number of hydrogen-bond acceptors (Lipinski definition) is 3. The quantitative estimate of drug-likeness (QED) is 0.810. The highest BCUT2D eigenvalue weighted by Crippen LogP contribution is 2.24. The zero-order valence-corrected chi connectivity index (χ0v) is 10.4. The Balaban J connectivity index is 2.00. The molecule has 2 aliphatic rings. The summed E-state index contributed by atoms with van der Waals surface area (Å²) in [6.45, 7) is 3.21. The summed E-state index contributed by atoms with van der Waals surface area (Å²) < 4.78 is 5.41. The normalized spacial score (nSPS) is 26.4. The lowest BCUT2D eigenvalue weighted by molar-refractivity contribution is -0.132. The molecule has 0 saturated carbocycles. The minimum Gasteiger partial charge on any atom is -0.488 e. The number of likely N-dealkylation sites (tertiary alicyclic amines) is 1. The van der Waals surface area contributed by atoms with Crippen LogP contribution in [-0.2, 0) is 9.53 Å². The summed E-state index contributed by atoms with van der Waals surface area (Å²) in [7, 11) is 0. The maximum Gasteiger partial charge on any atom is 0.288 e. The van der Waals surface area contributed by atoms with E-state index in [1.807, 2.05) is 11.0 Å². The molecule has 0 aromatic heterocycles. The fourth-order valence-corrected chi connectivity index (χ4v) is 2.59. The molecule has 4 heteroatoms. The van der Waals surface area contributed by atoms with Crippen molar-refractivity contribution in [2.75, 3.05) is 13.2 Å². The first-order valence-electron chi connectivity index (χ1n) is 6.50. The Morgan fingerprint density at radius 3 is 3.12 bits per heavy atom. The molecule has 17 heavy (non-hydrogen) atoms. The molecule has 0 spiro atoms. The van der Waals surface area contributed by atoms with Crippen molar-refractivity contribution < 1.29 is 14.6 Å². The second kappa shape index (κ2) is 5.54. The number of ether oxygens (including phenoxy) is 1. The number of aliphatic hydroxyl groups excluding tert-OH is 1. The largest absolute Gasteiger partial charge is 0.488 e. The lowest BCUT2D eigenvalue weighted by Crippen LogP contribution is -2.38. The molecule has 1 fully saturated rings. The molecule has 2 heterocycles. The number of carbonyl (C=O) groups excluding carboxylic acids is 1. The predicted octanol–water partition coefficient (Wildman–Crippen LogP) is 1.44. The molecule has 4 nitrogen and oxygen atoms in total. The molecule has 0 bridgehead atoms. The van der Waals surface area contributed by atoms with E-state index in [0.29, 0.717) is 18.8 Å². The molecule has 0 aromatic rings. The summed E-state index contributed by atoms with van der Waals surface area (Å²) in [5.74, 6) is 0.515. The fourth-order valence-electron chi connectivity index (χ4n) is 2.59. The third kappa shape index (κ3) is 3.00. The van der Waals surface area contributed by atoms with E-state index in [0.717, 1.165) is 32.2 Å². The highest BCUT2D eigenvalue weighted by atomic mass is 16.5. The van der Waals surface area contributed by atoms with E-state index in [1.165, 1.54) is 0 Å². The number of allylic oxidation sites excluding steroid dienone is 1. The Kier molecular flexibility index (Phi) is 4.05.